The molecule has 1 heterocycles. The Balaban J connectivity index is 2.73. The van der Waals surface area contributed by atoms with Crippen molar-refractivity contribution in [1.29, 1.82) is 0 Å². The second-order valence-electron chi connectivity index (χ2n) is 20.0. The van der Waals surface area contributed by atoms with Crippen LogP contribution < -0.4 is 5.32 Å². The van der Waals surface area contributed by atoms with Crippen LogP contribution in [-0.4, -0.2) is 99.6 Å². The van der Waals surface area contributed by atoms with Gasteiger partial charge in [-0.1, -0.05) is 229 Å². The van der Waals surface area contributed by atoms with Gasteiger partial charge in [-0.05, 0) is 70.6 Å². The van der Waals surface area contributed by atoms with Gasteiger partial charge < -0.3 is 45.1 Å². The Hall–Kier alpha value is -2.64. The van der Waals surface area contributed by atoms with Crippen molar-refractivity contribution in [3.63, 3.8) is 0 Å². The molecule has 0 aliphatic carbocycles. The lowest BCUT2D eigenvalue weighted by Gasteiger charge is -2.41. The molecule has 1 rings (SSSR count). The minimum Gasteiger partial charge on any atom is -0.454 e. The quantitative estimate of drug-likeness (QED) is 0.0196. The molecular formula is C60H107NO10. The first-order valence-electron chi connectivity index (χ1n) is 29.1. The number of rotatable bonds is 48. The second kappa shape index (κ2) is 48.3. The summed E-state index contributed by atoms with van der Waals surface area (Å²) >= 11 is 0. The first kappa shape index (κ1) is 66.4. The molecule has 0 bridgehead atoms. The molecule has 6 N–H and O–H groups in total. The molecule has 0 radical (unpaired) electrons. The highest BCUT2D eigenvalue weighted by atomic mass is 16.7. The number of esters is 1. The van der Waals surface area contributed by atoms with E-state index in [1.165, 1.54) is 122 Å². The number of amides is 1. The first-order chi connectivity index (χ1) is 34.7. The van der Waals surface area contributed by atoms with E-state index < -0.39 is 67.4 Å². The van der Waals surface area contributed by atoms with Crippen molar-refractivity contribution in [3.8, 4) is 0 Å². The van der Waals surface area contributed by atoms with Crippen LogP contribution in [0.3, 0.4) is 0 Å². The van der Waals surface area contributed by atoms with Gasteiger partial charge >= 0.3 is 5.97 Å². The molecule has 1 amide bonds. The molecule has 0 aromatic rings. The van der Waals surface area contributed by atoms with Gasteiger partial charge in [0.25, 0.3) is 0 Å². The smallest absolute Gasteiger partial charge is 0.306 e. The lowest BCUT2D eigenvalue weighted by atomic mass is 9.99. The van der Waals surface area contributed by atoms with Crippen LogP contribution >= 0.6 is 0 Å². The molecule has 412 valence electrons. The van der Waals surface area contributed by atoms with E-state index in [1.807, 2.05) is 6.08 Å². The molecule has 1 saturated heterocycles. The zero-order chi connectivity index (χ0) is 51.8. The molecule has 11 nitrogen and oxygen atoms in total. The van der Waals surface area contributed by atoms with E-state index in [0.717, 1.165) is 77.0 Å². The van der Waals surface area contributed by atoms with E-state index in [2.05, 4.69) is 74.7 Å². The second-order valence-corrected chi connectivity index (χ2v) is 20.0. The van der Waals surface area contributed by atoms with Crippen LogP contribution in [0, 0.1) is 0 Å². The molecule has 8 atom stereocenters. The van der Waals surface area contributed by atoms with Gasteiger partial charge in [0.2, 0.25) is 5.91 Å². The summed E-state index contributed by atoms with van der Waals surface area (Å²) in [5.41, 5.74) is 0. The van der Waals surface area contributed by atoms with Crippen LogP contribution in [0.2, 0.25) is 0 Å². The predicted octanol–water partition coefficient (Wildman–Crippen LogP) is 13.1. The van der Waals surface area contributed by atoms with Crippen LogP contribution in [0.4, 0.5) is 0 Å². The van der Waals surface area contributed by atoms with E-state index in [1.54, 1.807) is 6.08 Å². The lowest BCUT2D eigenvalue weighted by molar-refractivity contribution is -0.305. The van der Waals surface area contributed by atoms with Crippen molar-refractivity contribution in [2.45, 2.75) is 294 Å². The highest BCUT2D eigenvalue weighted by Gasteiger charge is 2.47. The number of nitrogens with one attached hydrogen (secondary N) is 1. The monoisotopic (exact) mass is 1000 g/mol. The van der Waals surface area contributed by atoms with Gasteiger partial charge in [0, 0.05) is 6.42 Å². The average Bonchev–Trinajstić information content (AvgIpc) is 3.37. The molecule has 1 aliphatic rings. The van der Waals surface area contributed by atoms with Crippen LogP contribution in [-0.2, 0) is 23.8 Å². The van der Waals surface area contributed by atoms with Crippen molar-refractivity contribution in [3.05, 3.63) is 60.8 Å². The van der Waals surface area contributed by atoms with Crippen LogP contribution in [0.5, 0.6) is 0 Å². The number of aliphatic hydroxyl groups is 5. The molecule has 0 aromatic heterocycles. The van der Waals surface area contributed by atoms with Gasteiger partial charge in [-0.25, -0.2) is 0 Å². The fourth-order valence-electron chi connectivity index (χ4n) is 8.75. The SMILES string of the molecule is CCCCC/C=C\C/C=C\C/C=C\C/C=C\CCCCCC(=O)OC1C(OCC(NC(=O)C(O)CCCCCCCCCCCC)C(O)/C=C/CCCCCCCCCCCCC)OC(CO)C(O)C1O. The molecule has 1 fully saturated rings. The Morgan fingerprint density at radius 2 is 0.972 bits per heavy atom. The number of hydrogen-bond acceptors (Lipinski definition) is 10. The maximum absolute atomic E-state index is 13.3. The molecule has 0 spiro atoms. The van der Waals surface area contributed by atoms with E-state index in [9.17, 15) is 35.1 Å². The summed E-state index contributed by atoms with van der Waals surface area (Å²) in [6, 6.07) is -1.03. The standard InChI is InChI=1S/C60H107NO10/c1-4-7-10-13-16-19-22-24-25-26-27-28-29-31-33-36-39-42-45-48-55(65)71-58-57(67)56(66)54(49-62)70-60(58)69-50-51(52(63)46-43-40-37-35-32-30-23-20-17-14-11-8-5-2)61-59(68)53(64)47-44-41-38-34-21-18-15-12-9-6-3/h16,19,24-25,27-28,31,33,43,46,51-54,56-58,60,62-64,66-67H,4-15,17-18,20-23,26,29-30,32,34-42,44-45,47-50H2,1-3H3,(H,61,68)/b19-16-,25-24-,28-27-,33-31-,46-43+. The number of unbranched alkanes of at least 4 members (excludes halogenated alkanes) is 26. The largest absolute Gasteiger partial charge is 0.454 e. The third-order valence-corrected chi connectivity index (χ3v) is 13.4. The summed E-state index contributed by atoms with van der Waals surface area (Å²) < 4.78 is 17.5. The minimum absolute atomic E-state index is 0.0856. The Morgan fingerprint density at radius 1 is 0.549 bits per heavy atom. The molecule has 1 aliphatic heterocycles. The van der Waals surface area contributed by atoms with E-state index >= 15 is 0 Å². The first-order valence-corrected chi connectivity index (χ1v) is 29.1. The number of allylic oxidation sites excluding steroid dienone is 9. The van der Waals surface area contributed by atoms with Crippen LogP contribution in [0.25, 0.3) is 0 Å². The van der Waals surface area contributed by atoms with E-state index in [4.69, 9.17) is 14.2 Å². The third-order valence-electron chi connectivity index (χ3n) is 13.4. The fraction of sp³-hybridized carbons (Fsp3) is 0.800. The minimum atomic E-state index is -1.63. The predicted molar refractivity (Wildman–Crippen MR) is 292 cm³/mol. The highest BCUT2D eigenvalue weighted by Crippen LogP contribution is 2.26. The molecule has 8 unspecified atom stereocenters. The van der Waals surface area contributed by atoms with Gasteiger partial charge in [0.1, 0.15) is 24.4 Å². The van der Waals surface area contributed by atoms with Crippen LogP contribution in [0.1, 0.15) is 245 Å². The number of aliphatic hydroxyl groups excluding tert-OH is 5. The number of hydrogen-bond donors (Lipinski definition) is 6. The summed E-state index contributed by atoms with van der Waals surface area (Å²) in [7, 11) is 0. The summed E-state index contributed by atoms with van der Waals surface area (Å²) in [5.74, 6) is -1.23. The lowest BCUT2D eigenvalue weighted by Crippen LogP contribution is -2.61. The van der Waals surface area contributed by atoms with Crippen molar-refractivity contribution >= 4 is 11.9 Å². The topological polar surface area (TPSA) is 175 Å². The van der Waals surface area contributed by atoms with Gasteiger partial charge in [0.05, 0.1) is 25.4 Å². The Morgan fingerprint density at radius 3 is 1.48 bits per heavy atom. The molecule has 71 heavy (non-hydrogen) atoms. The number of carbonyl (C=O) groups is 2. The third kappa shape index (κ3) is 36.9. The highest BCUT2D eigenvalue weighted by molar-refractivity contribution is 5.80. The zero-order valence-electron chi connectivity index (χ0n) is 45.3. The maximum Gasteiger partial charge on any atom is 0.306 e. The Bertz CT molecular complexity index is 1380. The van der Waals surface area contributed by atoms with E-state index in [-0.39, 0.29) is 19.4 Å². The number of carbonyl (C=O) groups excluding carboxylic acids is 2. The molecule has 0 saturated carbocycles. The molecular weight excluding hydrogens is 895 g/mol. The van der Waals surface area contributed by atoms with Gasteiger partial charge in [-0.3, -0.25) is 9.59 Å². The summed E-state index contributed by atoms with van der Waals surface area (Å²) in [4.78, 5) is 26.4. The van der Waals surface area contributed by atoms with Crippen molar-refractivity contribution < 1.29 is 49.3 Å². The average molecular weight is 1000 g/mol. The summed E-state index contributed by atoms with van der Waals surface area (Å²) in [6.07, 6.45) is 48.3. The molecule has 11 heteroatoms. The number of ether oxygens (including phenoxy) is 3. The van der Waals surface area contributed by atoms with Crippen molar-refractivity contribution in [2.75, 3.05) is 13.2 Å². The Kier molecular flexibility index (Phi) is 45.2. The summed E-state index contributed by atoms with van der Waals surface area (Å²) in [6.45, 7) is 5.72. The molecule has 0 aromatic carbocycles. The Labute approximate surface area is 433 Å². The summed E-state index contributed by atoms with van der Waals surface area (Å²) in [5, 5.41) is 56.7. The van der Waals surface area contributed by atoms with Crippen molar-refractivity contribution in [1.82, 2.24) is 5.32 Å². The maximum atomic E-state index is 13.3. The van der Waals surface area contributed by atoms with Gasteiger partial charge in [-0.2, -0.15) is 0 Å². The normalized spacial score (nSPS) is 20.0. The van der Waals surface area contributed by atoms with Crippen LogP contribution in [0.15, 0.2) is 60.8 Å². The van der Waals surface area contributed by atoms with Gasteiger partial charge in [-0.15, -0.1) is 0 Å². The van der Waals surface area contributed by atoms with Gasteiger partial charge in [0.15, 0.2) is 12.4 Å². The zero-order valence-corrected chi connectivity index (χ0v) is 45.3. The fourth-order valence-corrected chi connectivity index (χ4v) is 8.75. The van der Waals surface area contributed by atoms with Crippen molar-refractivity contribution in [2.24, 2.45) is 0 Å². The van der Waals surface area contributed by atoms with E-state index in [0.29, 0.717) is 12.8 Å².